The molecular formula is C26H28ClNO3. The van der Waals surface area contributed by atoms with Crippen LogP contribution in [0.2, 0.25) is 0 Å². The molecule has 0 saturated heterocycles. The van der Waals surface area contributed by atoms with Gasteiger partial charge in [-0.05, 0) is 49.1 Å². The molecule has 4 nitrogen and oxygen atoms in total. The third-order valence-electron chi connectivity index (χ3n) is 5.68. The first-order valence-corrected chi connectivity index (χ1v) is 10.6. The number of aryl methyl sites for hydroxylation is 1. The lowest BCUT2D eigenvalue weighted by atomic mass is 9.94. The van der Waals surface area contributed by atoms with E-state index >= 15 is 0 Å². The minimum absolute atomic E-state index is 0. The number of Topliss-reactive ketones (excluding diaryl/α,β-unsaturated/α-hetero) is 1. The second-order valence-corrected chi connectivity index (χ2v) is 7.67. The molecule has 162 valence electrons. The van der Waals surface area contributed by atoms with E-state index in [9.17, 15) is 4.79 Å². The largest absolute Gasteiger partial charge is 1.00 e. The molecule has 31 heavy (non-hydrogen) atoms. The highest BCUT2D eigenvalue weighted by molar-refractivity contribution is 6.05. The summed E-state index contributed by atoms with van der Waals surface area (Å²) in [5.74, 6) is 1.36. The third-order valence-corrected chi connectivity index (χ3v) is 5.68. The summed E-state index contributed by atoms with van der Waals surface area (Å²) in [6, 6.07) is 18.5. The summed E-state index contributed by atoms with van der Waals surface area (Å²) in [4.78, 5) is 13.3. The van der Waals surface area contributed by atoms with Crippen molar-refractivity contribution in [1.29, 1.82) is 0 Å². The SMILES string of the molecule is CCOc1cc2c(cc1OCC)C(=O)C(c1cc[n+](C)c(Cc3ccccc3)c1)C2.[Cl-]. The zero-order chi connectivity index (χ0) is 21.1. The Morgan fingerprint density at radius 3 is 2.32 bits per heavy atom. The minimum Gasteiger partial charge on any atom is -1.00 e. The fourth-order valence-corrected chi connectivity index (χ4v) is 4.14. The Kier molecular flexibility index (Phi) is 7.34. The zero-order valence-electron chi connectivity index (χ0n) is 18.2. The van der Waals surface area contributed by atoms with Crippen LogP contribution in [0.25, 0.3) is 0 Å². The molecule has 3 aromatic rings. The van der Waals surface area contributed by atoms with Crippen molar-refractivity contribution in [1.82, 2.24) is 0 Å². The van der Waals surface area contributed by atoms with Gasteiger partial charge in [-0.1, -0.05) is 30.3 Å². The van der Waals surface area contributed by atoms with Crippen molar-refractivity contribution >= 4 is 5.78 Å². The van der Waals surface area contributed by atoms with Crippen LogP contribution in [-0.4, -0.2) is 19.0 Å². The van der Waals surface area contributed by atoms with Crippen LogP contribution in [0.4, 0.5) is 0 Å². The fourth-order valence-electron chi connectivity index (χ4n) is 4.14. The van der Waals surface area contributed by atoms with Crippen LogP contribution >= 0.6 is 0 Å². The summed E-state index contributed by atoms with van der Waals surface area (Å²) in [7, 11) is 2.05. The smallest absolute Gasteiger partial charge is 0.185 e. The predicted molar refractivity (Wildman–Crippen MR) is 116 cm³/mol. The maximum atomic E-state index is 13.3. The molecule has 0 aliphatic heterocycles. The Bertz CT molecular complexity index is 1070. The van der Waals surface area contributed by atoms with Gasteiger partial charge in [0.25, 0.3) is 0 Å². The number of hydrogen-bond acceptors (Lipinski definition) is 3. The molecule has 0 radical (unpaired) electrons. The van der Waals surface area contributed by atoms with E-state index in [2.05, 4.69) is 54.2 Å². The van der Waals surface area contributed by atoms with Crippen LogP contribution in [0.3, 0.4) is 0 Å². The summed E-state index contributed by atoms with van der Waals surface area (Å²) >= 11 is 0. The molecule has 0 saturated carbocycles. The molecule has 0 amide bonds. The second kappa shape index (κ2) is 9.97. The lowest BCUT2D eigenvalue weighted by Gasteiger charge is -2.12. The topological polar surface area (TPSA) is 39.4 Å². The van der Waals surface area contributed by atoms with E-state index < -0.39 is 0 Å². The number of benzene rings is 2. The van der Waals surface area contributed by atoms with Gasteiger partial charge in [-0.25, -0.2) is 4.57 Å². The number of aromatic nitrogens is 1. The van der Waals surface area contributed by atoms with Crippen LogP contribution < -0.4 is 26.4 Å². The van der Waals surface area contributed by atoms with E-state index in [1.807, 2.05) is 32.0 Å². The molecule has 0 bridgehead atoms. The second-order valence-electron chi connectivity index (χ2n) is 7.67. The van der Waals surface area contributed by atoms with E-state index in [0.717, 1.165) is 28.9 Å². The number of halogens is 1. The first kappa shape index (κ1) is 22.8. The van der Waals surface area contributed by atoms with Crippen LogP contribution in [0, 0.1) is 0 Å². The number of fused-ring (bicyclic) bond motifs is 1. The monoisotopic (exact) mass is 437 g/mol. The van der Waals surface area contributed by atoms with Crippen LogP contribution in [0.1, 0.15) is 52.5 Å². The van der Waals surface area contributed by atoms with E-state index in [0.29, 0.717) is 25.4 Å². The molecule has 0 N–H and O–H groups in total. The summed E-state index contributed by atoms with van der Waals surface area (Å²) < 4.78 is 13.6. The summed E-state index contributed by atoms with van der Waals surface area (Å²) in [5.41, 5.74) is 5.30. The molecule has 1 heterocycles. The van der Waals surface area contributed by atoms with Gasteiger partial charge in [0.15, 0.2) is 29.2 Å². The molecule has 1 aliphatic rings. The Hall–Kier alpha value is -2.85. The molecular weight excluding hydrogens is 410 g/mol. The average molecular weight is 438 g/mol. The Labute approximate surface area is 190 Å². The lowest BCUT2D eigenvalue weighted by Crippen LogP contribution is -3.00. The van der Waals surface area contributed by atoms with Gasteiger partial charge in [-0.15, -0.1) is 0 Å². The van der Waals surface area contributed by atoms with Gasteiger partial charge in [0.2, 0.25) is 0 Å². The van der Waals surface area contributed by atoms with Crippen LogP contribution in [-0.2, 0) is 19.9 Å². The van der Waals surface area contributed by atoms with Crippen molar-refractivity contribution in [3.05, 3.63) is 88.7 Å². The quantitative estimate of drug-likeness (QED) is 0.525. The number of ketones is 1. The first-order chi connectivity index (χ1) is 14.6. The Morgan fingerprint density at radius 1 is 0.968 bits per heavy atom. The van der Waals surface area contributed by atoms with Gasteiger partial charge in [0.05, 0.1) is 25.6 Å². The van der Waals surface area contributed by atoms with E-state index in [4.69, 9.17) is 9.47 Å². The first-order valence-electron chi connectivity index (χ1n) is 10.6. The van der Waals surface area contributed by atoms with Gasteiger partial charge in [0.1, 0.15) is 7.05 Å². The van der Waals surface area contributed by atoms with Gasteiger partial charge in [-0.2, -0.15) is 0 Å². The molecule has 5 heteroatoms. The van der Waals surface area contributed by atoms with Crippen molar-refractivity contribution in [2.75, 3.05) is 13.2 Å². The van der Waals surface area contributed by atoms with Crippen molar-refractivity contribution in [2.45, 2.75) is 32.6 Å². The molecule has 0 spiro atoms. The molecule has 1 aromatic heterocycles. The minimum atomic E-state index is -0.165. The van der Waals surface area contributed by atoms with Crippen molar-refractivity contribution in [3.63, 3.8) is 0 Å². The van der Waals surface area contributed by atoms with Crippen molar-refractivity contribution < 1.29 is 31.2 Å². The highest BCUT2D eigenvalue weighted by atomic mass is 35.5. The molecule has 0 fully saturated rings. The highest BCUT2D eigenvalue weighted by Crippen LogP contribution is 2.40. The van der Waals surface area contributed by atoms with E-state index in [1.54, 1.807) is 0 Å². The van der Waals surface area contributed by atoms with Gasteiger partial charge in [-0.3, -0.25) is 4.79 Å². The molecule has 1 aliphatic carbocycles. The van der Waals surface area contributed by atoms with Crippen LogP contribution in [0.15, 0.2) is 60.8 Å². The van der Waals surface area contributed by atoms with Gasteiger partial charge in [0, 0.05) is 17.7 Å². The Balaban J connectivity index is 0.00000272. The van der Waals surface area contributed by atoms with E-state index in [1.165, 1.54) is 11.3 Å². The van der Waals surface area contributed by atoms with Crippen molar-refractivity contribution in [2.24, 2.45) is 7.05 Å². The Morgan fingerprint density at radius 2 is 1.65 bits per heavy atom. The normalized spacial score (nSPS) is 14.7. The maximum absolute atomic E-state index is 13.3. The predicted octanol–water partition coefficient (Wildman–Crippen LogP) is 1.43. The number of hydrogen-bond donors (Lipinski definition) is 0. The van der Waals surface area contributed by atoms with Crippen molar-refractivity contribution in [3.8, 4) is 11.5 Å². The number of ether oxygens (including phenoxy) is 2. The standard InChI is InChI=1S/C26H28NO3.ClH/c1-4-29-24-16-20-15-22(26(28)23(20)17-25(24)30-5-2)19-11-12-27(3)21(14-19)13-18-9-7-6-8-10-18;/h6-12,14,16-17,22H,4-5,13,15H2,1-3H3;1H/q+1;/p-1. The molecule has 2 aromatic carbocycles. The number of nitrogens with zero attached hydrogens (tertiary/aromatic N) is 1. The molecule has 1 atom stereocenters. The summed E-state index contributed by atoms with van der Waals surface area (Å²) in [5, 5.41) is 0. The third kappa shape index (κ3) is 4.75. The number of carbonyl (C=O) groups excluding carboxylic acids is 1. The maximum Gasteiger partial charge on any atom is 0.185 e. The summed E-state index contributed by atoms with van der Waals surface area (Å²) in [6.45, 7) is 4.99. The number of carbonyl (C=O) groups is 1. The van der Waals surface area contributed by atoms with Gasteiger partial charge >= 0.3 is 0 Å². The molecule has 1 unspecified atom stereocenters. The highest BCUT2D eigenvalue weighted by Gasteiger charge is 2.34. The number of pyridine rings is 1. The van der Waals surface area contributed by atoms with Crippen LogP contribution in [0.5, 0.6) is 11.5 Å². The fraction of sp³-hybridized carbons (Fsp3) is 0.308. The molecule has 4 rings (SSSR count). The number of rotatable bonds is 7. The van der Waals surface area contributed by atoms with Gasteiger partial charge < -0.3 is 21.9 Å². The zero-order valence-corrected chi connectivity index (χ0v) is 19.0. The lowest BCUT2D eigenvalue weighted by molar-refractivity contribution is -0.678. The van der Waals surface area contributed by atoms with E-state index in [-0.39, 0.29) is 24.1 Å². The average Bonchev–Trinajstić information content (AvgIpc) is 3.07. The summed E-state index contributed by atoms with van der Waals surface area (Å²) in [6.07, 6.45) is 3.59.